The molecule has 1 aliphatic heterocycles. The second-order valence-corrected chi connectivity index (χ2v) is 6.44. The van der Waals surface area contributed by atoms with Gasteiger partial charge in [-0.15, -0.1) is 0 Å². The van der Waals surface area contributed by atoms with Crippen LogP contribution < -0.4 is 4.74 Å². The van der Waals surface area contributed by atoms with Crippen LogP contribution in [0.2, 0.25) is 0 Å². The Morgan fingerprint density at radius 1 is 1.36 bits per heavy atom. The highest BCUT2D eigenvalue weighted by Gasteiger charge is 2.55. The first-order chi connectivity index (χ1) is 12.0. The first-order valence-electron chi connectivity index (χ1n) is 8.05. The quantitative estimate of drug-likeness (QED) is 0.515. The molecule has 0 saturated carbocycles. The zero-order chi connectivity index (χ0) is 17.9. The number of carbonyl (C=O) groups excluding carboxylic acids is 2. The molecule has 2 aromatic rings. The van der Waals surface area contributed by atoms with Gasteiger partial charge < -0.3 is 23.7 Å². The molecular formula is C18H18O7. The average molecular weight is 346 g/mol. The second-order valence-electron chi connectivity index (χ2n) is 6.44. The minimum Gasteiger partial charge on any atom is -0.492 e. The summed E-state index contributed by atoms with van der Waals surface area (Å²) < 4.78 is 21.8. The SMILES string of the molecule is COc1c2c(c(C=O)c3c(COC(C)=O)coc13)[C@@H](C)[C@@H]1O[C@@H]1[C@H]2O. The third-order valence-electron chi connectivity index (χ3n) is 5.04. The molecule has 7 heteroatoms. The molecule has 4 atom stereocenters. The van der Waals surface area contributed by atoms with Gasteiger partial charge in [0.25, 0.3) is 0 Å². The standard InChI is InChI=1S/C18H18O7/c1-7-11-10(4-19)12-9(5-23-8(2)20)6-24-17(12)16(22-3)13(11)14(21)18-15(7)25-18/h4,6-7,14-15,18,21H,5H2,1-3H3/t7-,14+,15+,18-/m1/s1. The molecule has 2 aliphatic rings. The van der Waals surface area contributed by atoms with E-state index < -0.39 is 12.1 Å². The molecule has 0 amide bonds. The Labute approximate surface area is 143 Å². The van der Waals surface area contributed by atoms with Gasteiger partial charge in [-0.05, 0) is 5.56 Å². The average Bonchev–Trinajstić information content (AvgIpc) is 3.30. The largest absolute Gasteiger partial charge is 0.492 e. The van der Waals surface area contributed by atoms with Crippen LogP contribution in [0.5, 0.6) is 5.75 Å². The minimum atomic E-state index is -0.878. The third kappa shape index (κ3) is 2.19. The van der Waals surface area contributed by atoms with E-state index in [2.05, 4.69) is 0 Å². The Morgan fingerprint density at radius 2 is 2.12 bits per heavy atom. The van der Waals surface area contributed by atoms with Crippen molar-refractivity contribution in [2.75, 3.05) is 7.11 Å². The Balaban J connectivity index is 2.01. The molecule has 1 aromatic carbocycles. The fourth-order valence-corrected chi connectivity index (χ4v) is 3.90. The van der Waals surface area contributed by atoms with E-state index in [9.17, 15) is 14.7 Å². The maximum Gasteiger partial charge on any atom is 0.302 e. The van der Waals surface area contributed by atoms with E-state index in [-0.39, 0.29) is 24.7 Å². The van der Waals surface area contributed by atoms with E-state index in [1.807, 2.05) is 6.92 Å². The van der Waals surface area contributed by atoms with Crippen molar-refractivity contribution < 1.29 is 33.3 Å². The highest BCUT2D eigenvalue weighted by atomic mass is 16.6. The number of esters is 1. The van der Waals surface area contributed by atoms with Crippen molar-refractivity contribution in [3.63, 3.8) is 0 Å². The lowest BCUT2D eigenvalue weighted by molar-refractivity contribution is -0.142. The van der Waals surface area contributed by atoms with Gasteiger partial charge in [-0.2, -0.15) is 0 Å². The van der Waals surface area contributed by atoms with Gasteiger partial charge in [0.2, 0.25) is 0 Å². The van der Waals surface area contributed by atoms with Crippen molar-refractivity contribution in [3.8, 4) is 5.75 Å². The molecule has 0 spiro atoms. The molecule has 0 radical (unpaired) electrons. The van der Waals surface area contributed by atoms with Gasteiger partial charge in [0.05, 0.1) is 19.5 Å². The number of hydrogen-bond acceptors (Lipinski definition) is 7. The summed E-state index contributed by atoms with van der Waals surface area (Å²) in [6.45, 7) is 3.26. The highest BCUT2D eigenvalue weighted by molar-refractivity contribution is 6.03. The van der Waals surface area contributed by atoms with E-state index >= 15 is 0 Å². The smallest absolute Gasteiger partial charge is 0.302 e. The number of aliphatic hydroxyl groups is 1. The lowest BCUT2D eigenvalue weighted by Gasteiger charge is -2.27. The maximum absolute atomic E-state index is 11.9. The zero-order valence-corrected chi connectivity index (χ0v) is 14.1. The molecular weight excluding hydrogens is 328 g/mol. The Bertz CT molecular complexity index is 881. The van der Waals surface area contributed by atoms with Crippen LogP contribution in [0.15, 0.2) is 10.7 Å². The molecule has 1 saturated heterocycles. The fraction of sp³-hybridized carbons (Fsp3) is 0.444. The van der Waals surface area contributed by atoms with Crippen LogP contribution in [0.4, 0.5) is 0 Å². The number of ether oxygens (including phenoxy) is 3. The number of fused-ring (bicyclic) bond motifs is 3. The van der Waals surface area contributed by atoms with Crippen LogP contribution in [0.25, 0.3) is 11.0 Å². The number of furan rings is 1. The van der Waals surface area contributed by atoms with Crippen molar-refractivity contribution in [1.29, 1.82) is 0 Å². The van der Waals surface area contributed by atoms with Crippen molar-refractivity contribution in [3.05, 3.63) is 28.5 Å². The van der Waals surface area contributed by atoms with E-state index in [4.69, 9.17) is 18.6 Å². The van der Waals surface area contributed by atoms with Gasteiger partial charge in [0.15, 0.2) is 17.6 Å². The number of aliphatic hydroxyl groups excluding tert-OH is 1. The van der Waals surface area contributed by atoms with Crippen molar-refractivity contribution in [1.82, 2.24) is 0 Å². The summed E-state index contributed by atoms with van der Waals surface area (Å²) in [6, 6.07) is 0. The fourth-order valence-electron chi connectivity index (χ4n) is 3.90. The molecule has 1 fully saturated rings. The Morgan fingerprint density at radius 3 is 2.76 bits per heavy atom. The molecule has 0 bridgehead atoms. The molecule has 25 heavy (non-hydrogen) atoms. The van der Waals surface area contributed by atoms with Gasteiger partial charge in [-0.25, -0.2) is 0 Å². The van der Waals surface area contributed by atoms with Gasteiger partial charge in [0, 0.05) is 34.9 Å². The predicted octanol–water partition coefficient (Wildman–Crippen LogP) is 2.23. The molecule has 1 aromatic heterocycles. The van der Waals surface area contributed by atoms with Gasteiger partial charge in [-0.3, -0.25) is 9.59 Å². The first kappa shape index (κ1) is 16.1. The van der Waals surface area contributed by atoms with Crippen molar-refractivity contribution >= 4 is 23.2 Å². The van der Waals surface area contributed by atoms with Crippen molar-refractivity contribution in [2.45, 2.75) is 44.7 Å². The van der Waals surface area contributed by atoms with Crippen LogP contribution >= 0.6 is 0 Å². The summed E-state index contributed by atoms with van der Waals surface area (Å²) in [7, 11) is 1.49. The van der Waals surface area contributed by atoms with E-state index in [0.29, 0.717) is 39.0 Å². The number of methoxy groups -OCH3 is 1. The maximum atomic E-state index is 11.9. The molecule has 132 valence electrons. The summed E-state index contributed by atoms with van der Waals surface area (Å²) in [6.07, 6.45) is 0.912. The highest BCUT2D eigenvalue weighted by Crippen LogP contribution is 2.55. The molecule has 7 nitrogen and oxygen atoms in total. The summed E-state index contributed by atoms with van der Waals surface area (Å²) in [5.74, 6) is -0.110. The normalized spacial score (nSPS) is 26.7. The summed E-state index contributed by atoms with van der Waals surface area (Å²) in [5.41, 5.74) is 2.60. The van der Waals surface area contributed by atoms with Crippen molar-refractivity contribution in [2.24, 2.45) is 0 Å². The lowest BCUT2D eigenvalue weighted by atomic mass is 9.78. The molecule has 0 unspecified atom stereocenters. The number of rotatable bonds is 4. The number of carbonyl (C=O) groups is 2. The molecule has 4 rings (SSSR count). The van der Waals surface area contributed by atoms with Gasteiger partial charge in [0.1, 0.15) is 18.8 Å². The summed E-state index contributed by atoms with van der Waals surface area (Å²) in [4.78, 5) is 23.1. The van der Waals surface area contributed by atoms with Gasteiger partial charge >= 0.3 is 5.97 Å². The predicted molar refractivity (Wildman–Crippen MR) is 85.7 cm³/mol. The van der Waals surface area contributed by atoms with Crippen LogP contribution in [0.1, 0.15) is 52.9 Å². The number of hydrogen-bond donors (Lipinski definition) is 1. The lowest BCUT2D eigenvalue weighted by Crippen LogP contribution is -2.24. The summed E-state index contributed by atoms with van der Waals surface area (Å²) >= 11 is 0. The van der Waals surface area contributed by atoms with E-state index in [1.165, 1.54) is 20.3 Å². The molecule has 1 N–H and O–H groups in total. The topological polar surface area (TPSA) is 98.5 Å². The van der Waals surface area contributed by atoms with E-state index in [0.717, 1.165) is 6.29 Å². The first-order valence-corrected chi connectivity index (χ1v) is 8.05. The van der Waals surface area contributed by atoms with E-state index in [1.54, 1.807) is 0 Å². The molecule has 2 heterocycles. The zero-order valence-electron chi connectivity index (χ0n) is 14.1. The monoisotopic (exact) mass is 346 g/mol. The van der Waals surface area contributed by atoms with Crippen LogP contribution in [-0.4, -0.2) is 36.7 Å². The number of benzene rings is 1. The van der Waals surface area contributed by atoms with Crippen LogP contribution in [-0.2, 0) is 20.9 Å². The Kier molecular flexibility index (Phi) is 3.59. The summed E-state index contributed by atoms with van der Waals surface area (Å²) in [5, 5.41) is 11.2. The van der Waals surface area contributed by atoms with Gasteiger partial charge in [-0.1, -0.05) is 6.92 Å². The number of aldehydes is 1. The minimum absolute atomic E-state index is 0.00932. The van der Waals surface area contributed by atoms with Crippen LogP contribution in [0, 0.1) is 0 Å². The molecule has 1 aliphatic carbocycles. The third-order valence-corrected chi connectivity index (χ3v) is 5.04. The van der Waals surface area contributed by atoms with Crippen LogP contribution in [0.3, 0.4) is 0 Å². The second kappa shape index (κ2) is 5.57. The number of epoxide rings is 1. The Hall–Kier alpha value is -2.38.